The molecule has 1 aromatic rings. The molecule has 4 rings (SSSR count). The van der Waals surface area contributed by atoms with Gasteiger partial charge in [-0.2, -0.15) is 0 Å². The van der Waals surface area contributed by atoms with Gasteiger partial charge in [0.05, 0.1) is 6.26 Å². The van der Waals surface area contributed by atoms with Gasteiger partial charge in [0.15, 0.2) is 5.78 Å². The van der Waals surface area contributed by atoms with Crippen LogP contribution in [0.2, 0.25) is 0 Å². The number of aromatic hydroxyl groups is 1. The summed E-state index contributed by atoms with van der Waals surface area (Å²) < 4.78 is 11.0. The van der Waals surface area contributed by atoms with Gasteiger partial charge in [0.25, 0.3) is 5.91 Å². The van der Waals surface area contributed by atoms with Crippen LogP contribution in [0, 0.1) is 23.7 Å². The highest BCUT2D eigenvalue weighted by molar-refractivity contribution is 5.92. The molecule has 1 aromatic carbocycles. The molecule has 1 spiro atoms. The Balaban J connectivity index is 1.76. The molecule has 0 saturated carbocycles. The van der Waals surface area contributed by atoms with Crippen LogP contribution in [0.5, 0.6) is 5.75 Å². The summed E-state index contributed by atoms with van der Waals surface area (Å²) in [5.41, 5.74) is -1.39. The van der Waals surface area contributed by atoms with Crippen molar-refractivity contribution in [3.05, 3.63) is 66.0 Å². The second-order valence-electron chi connectivity index (χ2n) is 10.3. The number of aliphatic hydroxyl groups is 1. The molecule has 0 aromatic heterocycles. The van der Waals surface area contributed by atoms with Crippen LogP contribution in [-0.4, -0.2) is 45.3 Å². The quantitative estimate of drug-likeness (QED) is 0.423. The SMILES string of the molecule is CC1=C[C@@H]2C=CC[C@H](C)C(=O)[C@@](C)(O)C=COC(=O)O[C@]23C(=O)N[C@@H](Cc2ccc(O)cc2)[C@@H]3[C@@H]1C. The fourth-order valence-corrected chi connectivity index (χ4v) is 5.70. The molecule has 8 nitrogen and oxygen atoms in total. The molecular weight excluding hydrogens is 462 g/mol. The second kappa shape index (κ2) is 9.58. The third-order valence-electron chi connectivity index (χ3n) is 7.78. The maximum atomic E-state index is 13.7. The lowest BCUT2D eigenvalue weighted by molar-refractivity contribution is -0.147. The molecular formula is C28H33NO7. The number of cyclic esters (lactones) is 1. The largest absolute Gasteiger partial charge is 0.514 e. The van der Waals surface area contributed by atoms with Crippen molar-refractivity contribution in [2.75, 3.05) is 0 Å². The molecule has 3 N–H and O–H groups in total. The van der Waals surface area contributed by atoms with Gasteiger partial charge in [-0.05, 0) is 56.4 Å². The fraction of sp³-hybridized carbons (Fsp3) is 0.464. The van der Waals surface area contributed by atoms with E-state index < -0.39 is 46.8 Å². The zero-order valence-corrected chi connectivity index (χ0v) is 20.9. The Bertz CT molecular complexity index is 1130. The van der Waals surface area contributed by atoms with Gasteiger partial charge >= 0.3 is 6.16 Å². The van der Waals surface area contributed by atoms with E-state index >= 15 is 0 Å². The van der Waals surface area contributed by atoms with Crippen LogP contribution >= 0.6 is 0 Å². The molecule has 3 aliphatic rings. The van der Waals surface area contributed by atoms with Gasteiger partial charge in [0.2, 0.25) is 5.60 Å². The summed E-state index contributed by atoms with van der Waals surface area (Å²) in [5.74, 6) is -2.24. The predicted molar refractivity (Wildman–Crippen MR) is 132 cm³/mol. The van der Waals surface area contributed by atoms with E-state index in [1.807, 2.05) is 26.0 Å². The van der Waals surface area contributed by atoms with E-state index in [1.165, 1.54) is 6.92 Å². The fourth-order valence-electron chi connectivity index (χ4n) is 5.70. The van der Waals surface area contributed by atoms with E-state index in [0.717, 1.165) is 23.5 Å². The van der Waals surface area contributed by atoms with Crippen molar-refractivity contribution in [2.45, 2.75) is 57.8 Å². The number of hydrogen-bond donors (Lipinski definition) is 3. The Hall–Kier alpha value is -3.39. The molecule has 1 amide bonds. The lowest BCUT2D eigenvalue weighted by Crippen LogP contribution is -2.56. The number of amides is 1. The van der Waals surface area contributed by atoms with E-state index in [2.05, 4.69) is 5.32 Å². The van der Waals surface area contributed by atoms with E-state index in [0.29, 0.717) is 12.8 Å². The third-order valence-corrected chi connectivity index (χ3v) is 7.78. The maximum absolute atomic E-state index is 13.7. The Morgan fingerprint density at radius 1 is 1.14 bits per heavy atom. The summed E-state index contributed by atoms with van der Waals surface area (Å²) in [4.78, 5) is 39.2. The minimum Gasteiger partial charge on any atom is -0.508 e. The summed E-state index contributed by atoms with van der Waals surface area (Å²) >= 11 is 0. The first-order chi connectivity index (χ1) is 17.0. The molecule has 192 valence electrons. The molecule has 7 atom stereocenters. The minimum absolute atomic E-state index is 0.0871. The minimum atomic E-state index is -1.82. The van der Waals surface area contributed by atoms with Gasteiger partial charge in [-0.1, -0.05) is 49.8 Å². The molecule has 36 heavy (non-hydrogen) atoms. The number of hydrogen-bond acceptors (Lipinski definition) is 7. The van der Waals surface area contributed by atoms with Crippen molar-refractivity contribution >= 4 is 17.8 Å². The number of Topliss-reactive ketones (excluding diaryl/α,β-unsaturated/α-hetero) is 1. The Morgan fingerprint density at radius 2 is 1.83 bits per heavy atom. The van der Waals surface area contributed by atoms with E-state index in [-0.39, 0.29) is 17.7 Å². The summed E-state index contributed by atoms with van der Waals surface area (Å²) in [5, 5.41) is 23.2. The van der Waals surface area contributed by atoms with Crippen molar-refractivity contribution < 1.29 is 34.1 Å². The van der Waals surface area contributed by atoms with Crippen molar-refractivity contribution in [3.8, 4) is 5.75 Å². The maximum Gasteiger partial charge on any atom is 0.514 e. The summed E-state index contributed by atoms with van der Waals surface area (Å²) in [6.45, 7) is 7.06. The molecule has 2 heterocycles. The molecule has 1 aliphatic carbocycles. The highest BCUT2D eigenvalue weighted by Gasteiger charge is 2.64. The van der Waals surface area contributed by atoms with Crippen molar-refractivity contribution in [3.63, 3.8) is 0 Å². The molecule has 0 bridgehead atoms. The van der Waals surface area contributed by atoms with Crippen LogP contribution < -0.4 is 5.32 Å². The lowest BCUT2D eigenvalue weighted by atomic mass is 9.63. The molecule has 1 saturated heterocycles. The third kappa shape index (κ3) is 4.57. The average Bonchev–Trinajstić information content (AvgIpc) is 3.09. The van der Waals surface area contributed by atoms with Crippen molar-refractivity contribution in [1.82, 2.24) is 5.32 Å². The van der Waals surface area contributed by atoms with E-state index in [4.69, 9.17) is 9.47 Å². The van der Waals surface area contributed by atoms with Crippen LogP contribution in [0.1, 0.15) is 39.7 Å². The number of nitrogens with one attached hydrogen (secondary N) is 1. The number of phenols is 1. The highest BCUT2D eigenvalue weighted by Crippen LogP contribution is 2.50. The monoisotopic (exact) mass is 495 g/mol. The van der Waals surface area contributed by atoms with Crippen molar-refractivity contribution in [2.24, 2.45) is 23.7 Å². The smallest absolute Gasteiger partial charge is 0.508 e. The second-order valence-corrected chi connectivity index (χ2v) is 10.3. The van der Waals surface area contributed by atoms with Crippen molar-refractivity contribution in [1.29, 1.82) is 0 Å². The summed E-state index contributed by atoms with van der Waals surface area (Å²) in [6.07, 6.45) is 7.33. The van der Waals surface area contributed by atoms with Crippen LogP contribution in [-0.2, 0) is 25.5 Å². The number of carbonyl (C=O) groups is 3. The van der Waals surface area contributed by atoms with Crippen LogP contribution in [0.15, 0.2) is 60.4 Å². The van der Waals surface area contributed by atoms with Crippen LogP contribution in [0.4, 0.5) is 4.79 Å². The number of allylic oxidation sites excluding steroid dienone is 2. The molecule has 0 unspecified atom stereocenters. The Morgan fingerprint density at radius 3 is 2.53 bits per heavy atom. The number of phenolic OH excluding ortho intramolecular Hbond substituents is 1. The zero-order valence-electron chi connectivity index (χ0n) is 20.9. The molecule has 2 aliphatic heterocycles. The van der Waals surface area contributed by atoms with Gasteiger partial charge < -0.3 is 25.0 Å². The Kier molecular flexibility index (Phi) is 6.84. The van der Waals surface area contributed by atoms with E-state index in [9.17, 15) is 24.6 Å². The van der Waals surface area contributed by atoms with Crippen LogP contribution in [0.3, 0.4) is 0 Å². The first kappa shape index (κ1) is 25.7. The summed E-state index contributed by atoms with van der Waals surface area (Å²) in [7, 11) is 0. The predicted octanol–water partition coefficient (Wildman–Crippen LogP) is 3.58. The number of ketones is 1. The van der Waals surface area contributed by atoms with Gasteiger partial charge in [-0.3, -0.25) is 9.59 Å². The summed E-state index contributed by atoms with van der Waals surface area (Å²) in [6, 6.07) is 6.46. The van der Waals surface area contributed by atoms with Gasteiger partial charge in [0, 0.05) is 23.8 Å². The normalized spacial score (nSPS) is 36.8. The molecule has 8 heteroatoms. The number of ether oxygens (including phenoxy) is 2. The van der Waals surface area contributed by atoms with Gasteiger partial charge in [-0.25, -0.2) is 4.79 Å². The zero-order chi connectivity index (χ0) is 26.3. The number of rotatable bonds is 2. The molecule has 0 radical (unpaired) electrons. The van der Waals surface area contributed by atoms with E-state index in [1.54, 1.807) is 37.3 Å². The van der Waals surface area contributed by atoms with Crippen LogP contribution in [0.25, 0.3) is 0 Å². The van der Waals surface area contributed by atoms with Gasteiger partial charge in [0.1, 0.15) is 11.4 Å². The molecule has 1 fully saturated rings. The van der Waals surface area contributed by atoms with Gasteiger partial charge in [-0.15, -0.1) is 0 Å². The first-order valence-electron chi connectivity index (χ1n) is 12.2. The standard InChI is InChI=1S/C28H33NO7/c1-16-6-5-7-20-14-17(2)18(3)23-22(15-19-8-10-21(30)11-9-19)29-25(32)28(20,23)36-26(33)35-13-12-27(4,34)24(16)31/h5,7-14,16,18,20,22-23,30,34H,6,15H2,1-4H3,(H,29,32)/t16-,18+,20-,22-,23-,27-,28+/m0/s1. The lowest BCUT2D eigenvalue weighted by Gasteiger charge is -2.44. The Labute approximate surface area is 210 Å². The average molecular weight is 496 g/mol. The first-order valence-corrected chi connectivity index (χ1v) is 12.2. The topological polar surface area (TPSA) is 122 Å². The highest BCUT2D eigenvalue weighted by atomic mass is 16.7. The number of carbonyl (C=O) groups excluding carboxylic acids is 3. The number of benzene rings is 1.